The minimum Gasteiger partial charge on any atom is -0.385 e. The fraction of sp³-hybridized carbons (Fsp3) is 0.647. The summed E-state index contributed by atoms with van der Waals surface area (Å²) in [6.07, 6.45) is 3.36. The fourth-order valence-electron chi connectivity index (χ4n) is 3.39. The molecule has 0 saturated heterocycles. The van der Waals surface area contributed by atoms with Crippen molar-refractivity contribution in [2.75, 3.05) is 0 Å². The van der Waals surface area contributed by atoms with Gasteiger partial charge in [0.05, 0.1) is 15.6 Å². The Hall–Kier alpha value is -0.480. The predicted octanol–water partition coefficient (Wildman–Crippen LogP) is 5.54. The summed E-state index contributed by atoms with van der Waals surface area (Å²) < 4.78 is 28.6. The molecule has 118 valence electrons. The largest absolute Gasteiger partial charge is 0.385 e. The summed E-state index contributed by atoms with van der Waals surface area (Å²) in [4.78, 5) is 0. The van der Waals surface area contributed by atoms with Crippen LogP contribution in [-0.4, -0.2) is 5.11 Å². The monoisotopic (exact) mass is 360 g/mol. The lowest BCUT2D eigenvalue weighted by Crippen LogP contribution is -2.28. The van der Waals surface area contributed by atoms with Crippen LogP contribution in [0.3, 0.4) is 0 Å². The Bertz CT molecular complexity index is 524. The second-order valence-electron chi connectivity index (χ2n) is 7.24. The maximum Gasteiger partial charge on any atom is 0.146 e. The van der Waals surface area contributed by atoms with Crippen LogP contribution in [-0.2, 0) is 5.60 Å². The predicted molar refractivity (Wildman–Crippen MR) is 84.0 cm³/mol. The van der Waals surface area contributed by atoms with E-state index in [-0.39, 0.29) is 15.5 Å². The smallest absolute Gasteiger partial charge is 0.146 e. The van der Waals surface area contributed by atoms with Gasteiger partial charge in [-0.2, -0.15) is 0 Å². The molecule has 0 aliphatic heterocycles. The molecular formula is C17H23BrF2O. The molecule has 4 heteroatoms. The molecule has 1 fully saturated rings. The van der Waals surface area contributed by atoms with Crippen molar-refractivity contribution in [1.29, 1.82) is 0 Å². The Kier molecular flexibility index (Phi) is 4.79. The highest BCUT2D eigenvalue weighted by molar-refractivity contribution is 9.10. The average Bonchev–Trinajstić information content (AvgIpc) is 2.56. The van der Waals surface area contributed by atoms with Gasteiger partial charge in [0.2, 0.25) is 0 Å². The molecule has 0 spiro atoms. The maximum absolute atomic E-state index is 14.3. The van der Waals surface area contributed by atoms with E-state index in [0.29, 0.717) is 18.8 Å². The van der Waals surface area contributed by atoms with Gasteiger partial charge in [-0.05, 0) is 71.5 Å². The van der Waals surface area contributed by atoms with Crippen LogP contribution < -0.4 is 0 Å². The summed E-state index contributed by atoms with van der Waals surface area (Å²) in [5.41, 5.74) is -1.43. The molecule has 0 heterocycles. The Labute approximate surface area is 133 Å². The number of hydrogen-bond donors (Lipinski definition) is 1. The normalized spacial score (nSPS) is 27.5. The number of rotatable bonds is 1. The van der Waals surface area contributed by atoms with E-state index in [9.17, 15) is 13.9 Å². The summed E-state index contributed by atoms with van der Waals surface area (Å²) in [5, 5.41) is 10.9. The summed E-state index contributed by atoms with van der Waals surface area (Å²) in [7, 11) is 0. The number of aliphatic hydroxyl groups is 1. The van der Waals surface area contributed by atoms with E-state index in [4.69, 9.17) is 0 Å². The van der Waals surface area contributed by atoms with E-state index in [1.165, 1.54) is 12.1 Å². The van der Waals surface area contributed by atoms with Crippen molar-refractivity contribution < 1.29 is 13.9 Å². The third kappa shape index (κ3) is 3.48. The van der Waals surface area contributed by atoms with E-state index in [1.807, 2.05) is 0 Å². The molecule has 2 unspecified atom stereocenters. The molecule has 1 aliphatic carbocycles. The topological polar surface area (TPSA) is 20.2 Å². The third-order valence-electron chi connectivity index (χ3n) is 4.78. The zero-order valence-corrected chi connectivity index (χ0v) is 14.4. The van der Waals surface area contributed by atoms with E-state index in [2.05, 4.69) is 36.7 Å². The highest BCUT2D eigenvalue weighted by atomic mass is 79.9. The molecule has 1 aliphatic rings. The third-order valence-corrected chi connectivity index (χ3v) is 5.40. The Morgan fingerprint density at radius 2 is 1.86 bits per heavy atom. The first-order valence-corrected chi connectivity index (χ1v) is 8.31. The van der Waals surface area contributed by atoms with Gasteiger partial charge in [-0.1, -0.05) is 20.8 Å². The van der Waals surface area contributed by atoms with Gasteiger partial charge in [-0.3, -0.25) is 0 Å². The quantitative estimate of drug-likeness (QED) is 0.514. The molecule has 1 saturated carbocycles. The van der Waals surface area contributed by atoms with Crippen molar-refractivity contribution in [3.8, 4) is 0 Å². The van der Waals surface area contributed by atoms with E-state index in [1.54, 1.807) is 0 Å². The Morgan fingerprint density at radius 1 is 1.19 bits per heavy atom. The van der Waals surface area contributed by atoms with Crippen LogP contribution in [0, 0.1) is 23.0 Å². The van der Waals surface area contributed by atoms with Gasteiger partial charge in [-0.15, -0.1) is 0 Å². The average molecular weight is 361 g/mol. The molecular weight excluding hydrogens is 338 g/mol. The molecule has 0 amide bonds. The molecule has 2 rings (SSSR count). The molecule has 1 N–H and O–H groups in total. The van der Waals surface area contributed by atoms with Crippen molar-refractivity contribution in [3.63, 3.8) is 0 Å². The molecule has 21 heavy (non-hydrogen) atoms. The molecule has 1 aromatic carbocycles. The van der Waals surface area contributed by atoms with Gasteiger partial charge >= 0.3 is 0 Å². The van der Waals surface area contributed by atoms with Gasteiger partial charge in [0.1, 0.15) is 11.6 Å². The van der Waals surface area contributed by atoms with Crippen LogP contribution in [0.25, 0.3) is 0 Å². The highest BCUT2D eigenvalue weighted by Crippen LogP contribution is 2.45. The van der Waals surface area contributed by atoms with Crippen molar-refractivity contribution in [3.05, 3.63) is 33.8 Å². The second kappa shape index (κ2) is 5.96. The fourth-order valence-corrected chi connectivity index (χ4v) is 3.72. The Balaban J connectivity index is 2.34. The minimum absolute atomic E-state index is 0.152. The van der Waals surface area contributed by atoms with Crippen molar-refractivity contribution >= 4 is 15.9 Å². The standard InChI is InChI=1S/C17H23BrF2O/c1-16(2,3)11-5-4-9-17(21,10-8-11)14-13(19)7-6-12(18)15(14)20/h6-7,11,21H,4-5,8-10H2,1-3H3. The molecule has 1 aromatic rings. The summed E-state index contributed by atoms with van der Waals surface area (Å²) in [6, 6.07) is 2.55. The molecule has 0 bridgehead atoms. The number of benzene rings is 1. The summed E-state index contributed by atoms with van der Waals surface area (Å²) in [5.74, 6) is -0.871. The van der Waals surface area contributed by atoms with Crippen LogP contribution in [0.4, 0.5) is 8.78 Å². The van der Waals surface area contributed by atoms with E-state index >= 15 is 0 Å². The first-order valence-electron chi connectivity index (χ1n) is 7.51. The van der Waals surface area contributed by atoms with E-state index < -0.39 is 17.2 Å². The van der Waals surface area contributed by atoms with Crippen molar-refractivity contribution in [2.45, 2.75) is 58.5 Å². The molecule has 0 aromatic heterocycles. The van der Waals surface area contributed by atoms with Crippen LogP contribution in [0.2, 0.25) is 0 Å². The van der Waals surface area contributed by atoms with Gasteiger partial charge in [0, 0.05) is 0 Å². The summed E-state index contributed by atoms with van der Waals surface area (Å²) >= 11 is 3.08. The van der Waals surface area contributed by atoms with Gasteiger partial charge in [0.25, 0.3) is 0 Å². The summed E-state index contributed by atoms with van der Waals surface area (Å²) in [6.45, 7) is 6.55. The first-order chi connectivity index (χ1) is 9.65. The zero-order valence-electron chi connectivity index (χ0n) is 12.8. The highest BCUT2D eigenvalue weighted by Gasteiger charge is 2.39. The van der Waals surface area contributed by atoms with Crippen LogP contribution in [0.15, 0.2) is 16.6 Å². The lowest BCUT2D eigenvalue weighted by Gasteiger charge is -2.31. The number of halogens is 3. The SMILES string of the molecule is CC(C)(C)C1CCCC(O)(c2c(F)ccc(Br)c2F)CC1. The van der Waals surface area contributed by atoms with Crippen LogP contribution in [0.5, 0.6) is 0 Å². The second-order valence-corrected chi connectivity index (χ2v) is 8.10. The van der Waals surface area contributed by atoms with Gasteiger partial charge in [0.15, 0.2) is 0 Å². The minimum atomic E-state index is -1.40. The van der Waals surface area contributed by atoms with Crippen molar-refractivity contribution in [2.24, 2.45) is 11.3 Å². The maximum atomic E-state index is 14.3. The van der Waals surface area contributed by atoms with Crippen molar-refractivity contribution in [1.82, 2.24) is 0 Å². The van der Waals surface area contributed by atoms with Crippen LogP contribution in [0.1, 0.15) is 58.4 Å². The first kappa shape index (κ1) is 16.9. The lowest BCUT2D eigenvalue weighted by molar-refractivity contribution is 0.0110. The van der Waals surface area contributed by atoms with Gasteiger partial charge in [-0.25, -0.2) is 8.78 Å². The Morgan fingerprint density at radius 3 is 2.48 bits per heavy atom. The number of hydrogen-bond acceptors (Lipinski definition) is 1. The molecule has 2 atom stereocenters. The van der Waals surface area contributed by atoms with E-state index in [0.717, 1.165) is 19.3 Å². The molecule has 0 radical (unpaired) electrons. The van der Waals surface area contributed by atoms with Crippen LogP contribution >= 0.6 is 15.9 Å². The lowest BCUT2D eigenvalue weighted by atomic mass is 9.76. The van der Waals surface area contributed by atoms with Gasteiger partial charge < -0.3 is 5.11 Å². The molecule has 1 nitrogen and oxygen atoms in total. The zero-order chi connectivity index (χ0) is 15.8.